The number of amidine groups is 1. The smallest absolute Gasteiger partial charge is 0.297 e. The summed E-state index contributed by atoms with van der Waals surface area (Å²) >= 11 is 0. The largest absolute Gasteiger partial charge is 0.445 e. The van der Waals surface area contributed by atoms with Gasteiger partial charge in [0.05, 0.1) is 12.2 Å². The van der Waals surface area contributed by atoms with Crippen LogP contribution in [0.1, 0.15) is 42.6 Å². The van der Waals surface area contributed by atoms with Gasteiger partial charge in [0.15, 0.2) is 0 Å². The van der Waals surface area contributed by atoms with Gasteiger partial charge >= 0.3 is 0 Å². The van der Waals surface area contributed by atoms with Crippen molar-refractivity contribution in [2.75, 3.05) is 13.1 Å². The van der Waals surface area contributed by atoms with Crippen LogP contribution in [0.4, 0.5) is 0 Å². The Bertz CT molecular complexity index is 966. The molecule has 2 aromatic carbocycles. The summed E-state index contributed by atoms with van der Waals surface area (Å²) in [6.07, 6.45) is 0.524. The zero-order chi connectivity index (χ0) is 20.1. The van der Waals surface area contributed by atoms with Gasteiger partial charge < -0.3 is 19.5 Å². The van der Waals surface area contributed by atoms with Crippen LogP contribution in [0.15, 0.2) is 59.6 Å². The predicted molar refractivity (Wildman–Crippen MR) is 107 cm³/mol. The molecule has 2 unspecified atom stereocenters. The van der Waals surface area contributed by atoms with Crippen molar-refractivity contribution in [1.29, 1.82) is 0 Å². The third-order valence-corrected chi connectivity index (χ3v) is 6.42. The Hall–Kier alpha value is -2.70. The Balaban J connectivity index is 1.30. The maximum atomic E-state index is 12.7. The number of nitrogens with zero attached hydrogens (tertiary/aromatic N) is 2. The Kier molecular flexibility index (Phi) is 4.22. The van der Waals surface area contributed by atoms with E-state index in [0.717, 1.165) is 12.8 Å². The Morgan fingerprint density at radius 3 is 2.52 bits per heavy atom. The van der Waals surface area contributed by atoms with E-state index < -0.39 is 17.6 Å². The molecule has 0 aromatic heterocycles. The molecular weight excluding hydrogens is 368 g/mol. The van der Waals surface area contributed by atoms with E-state index in [1.807, 2.05) is 29.2 Å². The zero-order valence-corrected chi connectivity index (χ0v) is 16.4. The van der Waals surface area contributed by atoms with Crippen molar-refractivity contribution < 1.29 is 19.4 Å². The van der Waals surface area contributed by atoms with Gasteiger partial charge in [-0.1, -0.05) is 54.6 Å². The lowest BCUT2D eigenvalue weighted by molar-refractivity contribution is -0.140. The number of carbonyl (C=O) groups is 1. The molecule has 1 fully saturated rings. The van der Waals surface area contributed by atoms with Gasteiger partial charge in [-0.05, 0) is 36.5 Å². The first-order valence-electron chi connectivity index (χ1n) is 10.0. The van der Waals surface area contributed by atoms with Crippen molar-refractivity contribution in [3.63, 3.8) is 0 Å². The van der Waals surface area contributed by atoms with E-state index in [4.69, 9.17) is 9.47 Å². The van der Waals surface area contributed by atoms with Gasteiger partial charge in [0, 0.05) is 13.1 Å². The minimum Gasteiger partial charge on any atom is -0.445 e. The monoisotopic (exact) mass is 392 g/mol. The molecule has 6 heteroatoms. The molecule has 3 aliphatic rings. The fourth-order valence-corrected chi connectivity index (χ4v) is 4.57. The SMILES string of the molecule is CC1(C(O)c2ccccc2)OC(N2CCC3(CC2)OCc2ccccc23)=NC1=O. The minimum absolute atomic E-state index is 0.261. The first-order chi connectivity index (χ1) is 14.0. The molecule has 0 aliphatic carbocycles. The van der Waals surface area contributed by atoms with Crippen LogP contribution in [-0.2, 0) is 26.5 Å². The fourth-order valence-electron chi connectivity index (χ4n) is 4.57. The molecule has 2 aromatic rings. The molecule has 1 spiro atoms. The molecule has 29 heavy (non-hydrogen) atoms. The number of hydrogen-bond acceptors (Lipinski definition) is 5. The number of fused-ring (bicyclic) bond motifs is 2. The number of likely N-dealkylation sites (tertiary alicyclic amines) is 1. The van der Waals surface area contributed by atoms with Crippen LogP contribution in [0.25, 0.3) is 0 Å². The number of aliphatic imine (C=N–C) groups is 1. The van der Waals surface area contributed by atoms with E-state index >= 15 is 0 Å². The van der Waals surface area contributed by atoms with Gasteiger partial charge in [-0.3, -0.25) is 4.79 Å². The van der Waals surface area contributed by atoms with Crippen LogP contribution in [0.3, 0.4) is 0 Å². The van der Waals surface area contributed by atoms with Crippen molar-refractivity contribution in [2.24, 2.45) is 4.99 Å². The maximum absolute atomic E-state index is 12.7. The summed E-state index contributed by atoms with van der Waals surface area (Å²) in [4.78, 5) is 18.8. The van der Waals surface area contributed by atoms with E-state index in [1.165, 1.54) is 11.1 Å². The molecule has 3 aliphatic heterocycles. The first kappa shape index (κ1) is 18.3. The summed E-state index contributed by atoms with van der Waals surface area (Å²) in [5.41, 5.74) is 1.48. The minimum atomic E-state index is -1.41. The summed E-state index contributed by atoms with van der Waals surface area (Å²) in [5, 5.41) is 10.8. The molecule has 3 heterocycles. The topological polar surface area (TPSA) is 71.4 Å². The van der Waals surface area contributed by atoms with Crippen molar-refractivity contribution in [3.8, 4) is 0 Å². The Morgan fingerprint density at radius 2 is 1.76 bits per heavy atom. The summed E-state index contributed by atoms with van der Waals surface area (Å²) in [6, 6.07) is 17.8. The van der Waals surface area contributed by atoms with Crippen LogP contribution in [-0.4, -0.2) is 40.6 Å². The lowest BCUT2D eigenvalue weighted by atomic mass is 9.84. The van der Waals surface area contributed by atoms with Gasteiger partial charge in [0.2, 0.25) is 5.60 Å². The second kappa shape index (κ2) is 6.68. The molecule has 1 amide bonds. The fraction of sp³-hybridized carbons (Fsp3) is 0.391. The number of aliphatic hydroxyl groups is 1. The van der Waals surface area contributed by atoms with Gasteiger partial charge in [0.25, 0.3) is 11.9 Å². The van der Waals surface area contributed by atoms with E-state index in [9.17, 15) is 9.90 Å². The molecule has 6 nitrogen and oxygen atoms in total. The molecule has 1 N–H and O–H groups in total. The van der Waals surface area contributed by atoms with Crippen LogP contribution < -0.4 is 0 Å². The first-order valence-corrected chi connectivity index (χ1v) is 10.0. The van der Waals surface area contributed by atoms with Crippen LogP contribution >= 0.6 is 0 Å². The third-order valence-electron chi connectivity index (χ3n) is 6.42. The zero-order valence-electron chi connectivity index (χ0n) is 16.4. The summed E-state index contributed by atoms with van der Waals surface area (Å²) in [7, 11) is 0. The van der Waals surface area contributed by atoms with Crippen molar-refractivity contribution in [2.45, 2.75) is 43.7 Å². The standard InChI is InChI=1S/C23H24N2O4/c1-22(19(26)16-7-3-2-4-8-16)20(27)24-21(29-22)25-13-11-23(12-14-25)18-10-6-5-9-17(18)15-28-23/h2-10,19,26H,11-15H2,1H3. The number of amides is 1. The summed E-state index contributed by atoms with van der Waals surface area (Å²) < 4.78 is 12.2. The highest BCUT2D eigenvalue weighted by molar-refractivity contribution is 6.01. The number of benzene rings is 2. The van der Waals surface area contributed by atoms with E-state index in [2.05, 4.69) is 23.2 Å². The predicted octanol–water partition coefficient (Wildman–Crippen LogP) is 2.91. The van der Waals surface area contributed by atoms with Crippen molar-refractivity contribution >= 4 is 11.9 Å². The van der Waals surface area contributed by atoms with Gasteiger partial charge in [-0.15, -0.1) is 0 Å². The molecule has 150 valence electrons. The number of aliphatic hydroxyl groups excluding tert-OH is 1. The molecule has 0 radical (unpaired) electrons. The lowest BCUT2D eigenvalue weighted by Crippen LogP contribution is -2.47. The molecule has 1 saturated heterocycles. The van der Waals surface area contributed by atoms with E-state index in [-0.39, 0.29) is 5.60 Å². The Morgan fingerprint density at radius 1 is 1.07 bits per heavy atom. The summed E-state index contributed by atoms with van der Waals surface area (Å²) in [6.45, 7) is 3.61. The number of rotatable bonds is 2. The lowest BCUT2D eigenvalue weighted by Gasteiger charge is -2.40. The average molecular weight is 392 g/mol. The molecule has 0 bridgehead atoms. The molecular formula is C23H24N2O4. The average Bonchev–Trinajstić information content (AvgIpc) is 3.27. The quantitative estimate of drug-likeness (QED) is 0.851. The van der Waals surface area contributed by atoms with Gasteiger partial charge in [-0.2, -0.15) is 4.99 Å². The number of hydrogen-bond donors (Lipinski definition) is 1. The summed E-state index contributed by atoms with van der Waals surface area (Å²) in [5.74, 6) is -0.452. The highest BCUT2D eigenvalue weighted by Crippen LogP contribution is 2.44. The maximum Gasteiger partial charge on any atom is 0.297 e. The second-order valence-electron chi connectivity index (χ2n) is 8.15. The van der Waals surface area contributed by atoms with Crippen LogP contribution in [0.2, 0.25) is 0 Å². The van der Waals surface area contributed by atoms with Gasteiger partial charge in [0.1, 0.15) is 6.10 Å². The number of piperidine rings is 1. The number of carbonyl (C=O) groups excluding carboxylic acids is 1. The Labute approximate surface area is 169 Å². The highest BCUT2D eigenvalue weighted by atomic mass is 16.6. The van der Waals surface area contributed by atoms with E-state index in [0.29, 0.717) is 31.3 Å². The van der Waals surface area contributed by atoms with E-state index in [1.54, 1.807) is 19.1 Å². The van der Waals surface area contributed by atoms with Crippen molar-refractivity contribution in [1.82, 2.24) is 4.90 Å². The third kappa shape index (κ3) is 2.86. The molecule has 0 saturated carbocycles. The number of ether oxygens (including phenoxy) is 2. The molecule has 2 atom stereocenters. The normalized spacial score (nSPS) is 26.2. The second-order valence-corrected chi connectivity index (χ2v) is 8.15. The van der Waals surface area contributed by atoms with Crippen LogP contribution in [0, 0.1) is 0 Å². The highest BCUT2D eigenvalue weighted by Gasteiger charge is 2.51. The van der Waals surface area contributed by atoms with Crippen LogP contribution in [0.5, 0.6) is 0 Å². The van der Waals surface area contributed by atoms with Crippen molar-refractivity contribution in [3.05, 3.63) is 71.3 Å². The molecule has 5 rings (SSSR count). The van der Waals surface area contributed by atoms with Gasteiger partial charge in [-0.25, -0.2) is 0 Å².